The van der Waals surface area contributed by atoms with Crippen molar-refractivity contribution < 1.29 is 23.1 Å². The molecule has 2 N–H and O–H groups in total. The molecule has 21 heavy (non-hydrogen) atoms. The summed E-state index contributed by atoms with van der Waals surface area (Å²) in [6, 6.07) is 1.37. The topological polar surface area (TPSA) is 52.6 Å². The molecule has 0 saturated heterocycles. The van der Waals surface area contributed by atoms with E-state index in [-0.39, 0.29) is 25.1 Å². The Bertz CT molecular complexity index is 492. The fraction of sp³-hybridized carbons (Fsp3) is 0.500. The normalized spacial score (nSPS) is 11.4. The van der Waals surface area contributed by atoms with E-state index >= 15 is 0 Å². The number of benzene rings is 1. The van der Waals surface area contributed by atoms with Gasteiger partial charge in [-0.1, -0.05) is 0 Å². The number of halogens is 3. The van der Waals surface area contributed by atoms with E-state index in [1.807, 2.05) is 0 Å². The molecule has 0 unspecified atom stereocenters. The second-order valence-electron chi connectivity index (χ2n) is 5.52. The van der Waals surface area contributed by atoms with Crippen molar-refractivity contribution in [1.82, 2.24) is 10.2 Å². The Labute approximate surface area is 121 Å². The number of nitrogens with one attached hydrogen (secondary N) is 1. The standard InChI is InChI=1S/C14H19F3N2O2/c1-14(2,21)8-19(3)13(20)18-5-4-9-6-10(15)12(17)11(16)7-9/h6-7,21H,4-5,8H2,1-3H3,(H,18,20). The average molecular weight is 304 g/mol. The van der Waals surface area contributed by atoms with E-state index in [4.69, 9.17) is 0 Å². The van der Waals surface area contributed by atoms with E-state index < -0.39 is 29.1 Å². The summed E-state index contributed by atoms with van der Waals surface area (Å²) >= 11 is 0. The number of likely N-dealkylation sites (N-methyl/N-ethyl adjacent to an activating group) is 1. The Morgan fingerprint density at radius 1 is 1.29 bits per heavy atom. The SMILES string of the molecule is CN(CC(C)(C)O)C(=O)NCCc1cc(F)c(F)c(F)c1. The second kappa shape index (κ2) is 6.80. The van der Waals surface area contributed by atoms with Gasteiger partial charge in [-0.25, -0.2) is 18.0 Å². The predicted octanol–water partition coefficient (Wildman–Crippen LogP) is 2.06. The summed E-state index contributed by atoms with van der Waals surface area (Å²) in [7, 11) is 1.52. The molecule has 1 aromatic rings. The van der Waals surface area contributed by atoms with Crippen LogP contribution in [0.5, 0.6) is 0 Å². The van der Waals surface area contributed by atoms with Crippen molar-refractivity contribution in [3.05, 3.63) is 35.1 Å². The Morgan fingerprint density at radius 2 is 1.81 bits per heavy atom. The van der Waals surface area contributed by atoms with Crippen molar-refractivity contribution >= 4 is 6.03 Å². The van der Waals surface area contributed by atoms with E-state index in [1.54, 1.807) is 13.8 Å². The number of nitrogens with zero attached hydrogens (tertiary/aromatic N) is 1. The molecule has 0 aliphatic rings. The fourth-order valence-electron chi connectivity index (χ4n) is 1.85. The third-order valence-corrected chi connectivity index (χ3v) is 2.70. The van der Waals surface area contributed by atoms with E-state index in [0.717, 1.165) is 12.1 Å². The number of carbonyl (C=O) groups excluding carboxylic acids is 1. The number of aliphatic hydroxyl groups is 1. The summed E-state index contributed by atoms with van der Waals surface area (Å²) in [6.07, 6.45) is 0.163. The van der Waals surface area contributed by atoms with Crippen LogP contribution >= 0.6 is 0 Å². The van der Waals surface area contributed by atoms with Gasteiger partial charge in [0.2, 0.25) is 0 Å². The van der Waals surface area contributed by atoms with E-state index in [2.05, 4.69) is 5.32 Å². The quantitative estimate of drug-likeness (QED) is 0.818. The second-order valence-corrected chi connectivity index (χ2v) is 5.52. The molecule has 118 valence electrons. The van der Waals surface area contributed by atoms with Crippen molar-refractivity contribution in [3.8, 4) is 0 Å². The van der Waals surface area contributed by atoms with Gasteiger partial charge in [0.1, 0.15) is 0 Å². The molecule has 0 aliphatic carbocycles. The van der Waals surface area contributed by atoms with Gasteiger partial charge in [-0.3, -0.25) is 0 Å². The van der Waals surface area contributed by atoms with Crippen molar-refractivity contribution in [2.45, 2.75) is 25.9 Å². The number of hydrogen-bond acceptors (Lipinski definition) is 2. The van der Waals surface area contributed by atoms with Crippen LogP contribution in [0.4, 0.5) is 18.0 Å². The maximum atomic E-state index is 13.0. The molecule has 0 aliphatic heterocycles. The summed E-state index contributed by atoms with van der Waals surface area (Å²) in [5.74, 6) is -4.02. The molecule has 2 amide bonds. The Kier molecular flexibility index (Phi) is 5.60. The largest absolute Gasteiger partial charge is 0.389 e. The molecule has 4 nitrogen and oxygen atoms in total. The minimum atomic E-state index is -1.51. The average Bonchev–Trinajstić information content (AvgIpc) is 2.33. The molecular formula is C14H19F3N2O2. The number of rotatable bonds is 5. The minimum absolute atomic E-state index is 0.138. The Morgan fingerprint density at radius 3 is 2.29 bits per heavy atom. The molecule has 0 bridgehead atoms. The van der Waals surface area contributed by atoms with Gasteiger partial charge >= 0.3 is 6.03 Å². The number of amides is 2. The third kappa shape index (κ3) is 5.63. The first kappa shape index (κ1) is 17.3. The van der Waals surface area contributed by atoms with Crippen LogP contribution in [0.2, 0.25) is 0 Å². The summed E-state index contributed by atoms with van der Waals surface area (Å²) in [6.45, 7) is 3.42. The highest BCUT2D eigenvalue weighted by Gasteiger charge is 2.19. The van der Waals surface area contributed by atoms with E-state index in [9.17, 15) is 23.1 Å². The van der Waals surface area contributed by atoms with Crippen molar-refractivity contribution in [2.75, 3.05) is 20.1 Å². The molecule has 0 radical (unpaired) electrons. The lowest BCUT2D eigenvalue weighted by Gasteiger charge is -2.25. The van der Waals surface area contributed by atoms with Gasteiger partial charge < -0.3 is 15.3 Å². The van der Waals surface area contributed by atoms with E-state index in [1.165, 1.54) is 11.9 Å². The summed E-state index contributed by atoms with van der Waals surface area (Å²) < 4.78 is 38.8. The molecule has 0 atom stereocenters. The molecule has 0 fully saturated rings. The monoisotopic (exact) mass is 304 g/mol. The van der Waals surface area contributed by atoms with Crippen LogP contribution in [0.3, 0.4) is 0 Å². The highest BCUT2D eigenvalue weighted by molar-refractivity contribution is 5.73. The zero-order valence-corrected chi connectivity index (χ0v) is 12.2. The molecule has 1 aromatic carbocycles. The van der Waals surface area contributed by atoms with Crippen LogP contribution in [0.1, 0.15) is 19.4 Å². The zero-order chi connectivity index (χ0) is 16.2. The summed E-state index contributed by atoms with van der Waals surface area (Å²) in [5.41, 5.74) is -0.771. The van der Waals surface area contributed by atoms with Gasteiger partial charge in [-0.15, -0.1) is 0 Å². The highest BCUT2D eigenvalue weighted by atomic mass is 19.2. The number of urea groups is 1. The van der Waals surface area contributed by atoms with Gasteiger partial charge in [-0.2, -0.15) is 0 Å². The van der Waals surface area contributed by atoms with Crippen molar-refractivity contribution in [3.63, 3.8) is 0 Å². The van der Waals surface area contributed by atoms with Gasteiger partial charge in [0.05, 0.1) is 12.1 Å². The number of hydrogen-bond donors (Lipinski definition) is 2. The lowest BCUT2D eigenvalue weighted by molar-refractivity contribution is 0.0532. The molecule has 1 rings (SSSR count). The van der Waals surface area contributed by atoms with Crippen LogP contribution in [-0.2, 0) is 6.42 Å². The van der Waals surface area contributed by atoms with Gasteiger partial charge in [-0.05, 0) is 38.0 Å². The van der Waals surface area contributed by atoms with Crippen LogP contribution in [0.25, 0.3) is 0 Å². The summed E-state index contributed by atoms with van der Waals surface area (Å²) in [4.78, 5) is 13.0. The zero-order valence-electron chi connectivity index (χ0n) is 12.2. The van der Waals surface area contributed by atoms with Crippen molar-refractivity contribution in [1.29, 1.82) is 0 Å². The maximum Gasteiger partial charge on any atom is 0.317 e. The molecule has 0 spiro atoms. The van der Waals surface area contributed by atoms with Crippen LogP contribution in [0, 0.1) is 17.5 Å². The molecule has 0 heterocycles. The van der Waals surface area contributed by atoms with Crippen LogP contribution < -0.4 is 5.32 Å². The molecular weight excluding hydrogens is 285 g/mol. The summed E-state index contributed by atoms with van der Waals surface area (Å²) in [5, 5.41) is 12.1. The first-order chi connectivity index (χ1) is 9.60. The lowest BCUT2D eigenvalue weighted by atomic mass is 10.1. The molecule has 7 heteroatoms. The molecule has 0 saturated carbocycles. The van der Waals surface area contributed by atoms with Crippen LogP contribution in [0.15, 0.2) is 12.1 Å². The predicted molar refractivity (Wildman–Crippen MR) is 72.3 cm³/mol. The first-order valence-corrected chi connectivity index (χ1v) is 6.45. The minimum Gasteiger partial charge on any atom is -0.389 e. The first-order valence-electron chi connectivity index (χ1n) is 6.45. The van der Waals surface area contributed by atoms with Crippen molar-refractivity contribution in [2.24, 2.45) is 0 Å². The smallest absolute Gasteiger partial charge is 0.317 e. The third-order valence-electron chi connectivity index (χ3n) is 2.70. The van der Waals surface area contributed by atoms with Gasteiger partial charge in [0.15, 0.2) is 17.5 Å². The van der Waals surface area contributed by atoms with Gasteiger partial charge in [0.25, 0.3) is 0 Å². The Hall–Kier alpha value is -1.76. The lowest BCUT2D eigenvalue weighted by Crippen LogP contribution is -2.45. The fourth-order valence-corrected chi connectivity index (χ4v) is 1.85. The van der Waals surface area contributed by atoms with E-state index in [0.29, 0.717) is 0 Å². The highest BCUT2D eigenvalue weighted by Crippen LogP contribution is 2.13. The number of carbonyl (C=O) groups is 1. The maximum absolute atomic E-state index is 13.0. The molecule has 0 aromatic heterocycles. The van der Waals surface area contributed by atoms with Gasteiger partial charge in [0, 0.05) is 13.6 Å². The Balaban J connectivity index is 2.48. The van der Waals surface area contributed by atoms with Crippen LogP contribution in [-0.4, -0.2) is 41.8 Å².